The Morgan fingerprint density at radius 3 is 2.21 bits per heavy atom. The van der Waals surface area contributed by atoms with E-state index < -0.39 is 27.1 Å². The van der Waals surface area contributed by atoms with Crippen LogP contribution < -0.4 is 10.1 Å². The lowest BCUT2D eigenvalue weighted by Crippen LogP contribution is -2.12. The van der Waals surface area contributed by atoms with E-state index in [-0.39, 0.29) is 23.6 Å². The van der Waals surface area contributed by atoms with Crippen molar-refractivity contribution in [2.45, 2.75) is 39.7 Å². The molecule has 33 heavy (non-hydrogen) atoms. The number of nitro benzene ring substituents is 2. The molecule has 1 aromatic heterocycles. The van der Waals surface area contributed by atoms with Gasteiger partial charge in [-0.3, -0.25) is 25.0 Å². The quantitative estimate of drug-likeness (QED) is 0.321. The number of carbonyl (C=O) groups excluding carboxylic acids is 1. The second-order valence-corrected chi connectivity index (χ2v) is 7.54. The molecule has 1 unspecified atom stereocenters. The van der Waals surface area contributed by atoms with Crippen molar-refractivity contribution in [2.75, 3.05) is 5.32 Å². The smallest absolute Gasteiger partial charge is 0.291 e. The van der Waals surface area contributed by atoms with Gasteiger partial charge in [-0.2, -0.15) is 0 Å². The normalized spacial score (nSPS) is 11.6. The summed E-state index contributed by atoms with van der Waals surface area (Å²) in [6, 6.07) is 12.9. The third kappa shape index (κ3) is 5.53. The van der Waals surface area contributed by atoms with Gasteiger partial charge >= 0.3 is 0 Å². The van der Waals surface area contributed by atoms with Crippen LogP contribution in [0.5, 0.6) is 5.75 Å². The molecule has 0 bridgehead atoms. The first kappa shape index (κ1) is 23.5. The molecule has 2 aromatic carbocycles. The van der Waals surface area contributed by atoms with Crippen LogP contribution in [0, 0.1) is 27.2 Å². The van der Waals surface area contributed by atoms with Crippen LogP contribution in [-0.2, 0) is 6.61 Å². The van der Waals surface area contributed by atoms with Crippen LogP contribution in [0.3, 0.4) is 0 Å². The number of hydrogen-bond donors (Lipinski definition) is 1. The highest BCUT2D eigenvalue weighted by atomic mass is 16.6. The Morgan fingerprint density at radius 2 is 1.67 bits per heavy atom. The Kier molecular flexibility index (Phi) is 7.07. The molecule has 0 radical (unpaired) electrons. The largest absolute Gasteiger partial charge is 0.486 e. The van der Waals surface area contributed by atoms with E-state index in [0.29, 0.717) is 17.4 Å². The second kappa shape index (κ2) is 9.94. The number of nitrogens with one attached hydrogen (secondary N) is 1. The predicted molar refractivity (Wildman–Crippen MR) is 121 cm³/mol. The number of rotatable bonds is 9. The van der Waals surface area contributed by atoms with Gasteiger partial charge in [0, 0.05) is 12.1 Å². The molecule has 0 saturated heterocycles. The highest BCUT2D eigenvalue weighted by Gasteiger charge is 2.24. The van der Waals surface area contributed by atoms with Gasteiger partial charge in [0.2, 0.25) is 0 Å². The number of amides is 1. The molecule has 10 heteroatoms. The summed E-state index contributed by atoms with van der Waals surface area (Å²) < 4.78 is 11.2. The molecule has 1 heterocycles. The van der Waals surface area contributed by atoms with Gasteiger partial charge in [0.1, 0.15) is 23.7 Å². The molecule has 3 aromatic rings. The molecule has 0 aliphatic carbocycles. The van der Waals surface area contributed by atoms with E-state index in [1.807, 2.05) is 24.3 Å². The lowest BCUT2D eigenvalue weighted by Gasteiger charge is -2.10. The molecule has 0 fully saturated rings. The topological polar surface area (TPSA) is 138 Å². The summed E-state index contributed by atoms with van der Waals surface area (Å²) in [5, 5.41) is 24.8. The molecule has 1 N–H and O–H groups in total. The van der Waals surface area contributed by atoms with E-state index in [1.165, 1.54) is 18.6 Å². The van der Waals surface area contributed by atoms with Crippen LogP contribution in [0.15, 0.2) is 52.9 Å². The van der Waals surface area contributed by atoms with Crippen LogP contribution in [-0.4, -0.2) is 15.8 Å². The van der Waals surface area contributed by atoms with Crippen LogP contribution in [0.1, 0.15) is 53.6 Å². The summed E-state index contributed by atoms with van der Waals surface area (Å²) >= 11 is 0. The molecule has 172 valence electrons. The van der Waals surface area contributed by atoms with Crippen molar-refractivity contribution < 1.29 is 23.8 Å². The molecule has 0 spiro atoms. The Bertz CT molecular complexity index is 1150. The van der Waals surface area contributed by atoms with Gasteiger partial charge in [0.15, 0.2) is 5.76 Å². The Morgan fingerprint density at radius 1 is 1.06 bits per heavy atom. The number of nitrogens with zero attached hydrogens (tertiary/aromatic N) is 2. The number of benzene rings is 2. The van der Waals surface area contributed by atoms with Crippen molar-refractivity contribution in [3.8, 4) is 5.75 Å². The molecule has 3 rings (SSSR count). The van der Waals surface area contributed by atoms with Crippen molar-refractivity contribution in [1.29, 1.82) is 0 Å². The Labute approximate surface area is 189 Å². The fraction of sp³-hybridized carbons (Fsp3) is 0.261. The molecule has 10 nitrogen and oxygen atoms in total. The van der Waals surface area contributed by atoms with Gasteiger partial charge in [-0.1, -0.05) is 26.0 Å². The minimum Gasteiger partial charge on any atom is -0.486 e. The zero-order valence-corrected chi connectivity index (χ0v) is 18.4. The van der Waals surface area contributed by atoms with Crippen LogP contribution >= 0.6 is 0 Å². The van der Waals surface area contributed by atoms with Gasteiger partial charge < -0.3 is 14.5 Å². The average molecular weight is 453 g/mol. The zero-order valence-electron chi connectivity index (χ0n) is 18.4. The Hall–Kier alpha value is -4.21. The number of carbonyl (C=O) groups is 1. The zero-order chi connectivity index (χ0) is 24.1. The standard InChI is InChI=1S/C23H23N3O7/c1-4-14(2)16-5-7-18(8-6-16)32-13-19-9-10-22(33-19)23(27)24-17-11-20(25(28)29)15(3)21(12-17)26(30)31/h5-12,14H,4,13H2,1-3H3,(H,24,27). The maximum absolute atomic E-state index is 12.5. The molecule has 0 aliphatic rings. The summed E-state index contributed by atoms with van der Waals surface area (Å²) in [4.78, 5) is 33.4. The van der Waals surface area contributed by atoms with Crippen molar-refractivity contribution in [3.05, 3.63) is 91.4 Å². The van der Waals surface area contributed by atoms with Gasteiger partial charge in [-0.25, -0.2) is 0 Å². The first-order valence-electron chi connectivity index (χ1n) is 10.3. The van der Waals surface area contributed by atoms with Crippen molar-refractivity contribution in [2.24, 2.45) is 0 Å². The lowest BCUT2D eigenvalue weighted by molar-refractivity contribution is -0.395. The minimum atomic E-state index is -0.740. The first-order valence-corrected chi connectivity index (χ1v) is 10.3. The number of furan rings is 1. The summed E-state index contributed by atoms with van der Waals surface area (Å²) in [6.45, 7) is 5.65. The SMILES string of the molecule is CCC(C)c1ccc(OCc2ccc(C(=O)Nc3cc([N+](=O)[O-])c(C)c([N+](=O)[O-])c3)o2)cc1. The van der Waals surface area contributed by atoms with E-state index in [0.717, 1.165) is 18.6 Å². The second-order valence-electron chi connectivity index (χ2n) is 7.54. The maximum atomic E-state index is 12.5. The highest BCUT2D eigenvalue weighted by Crippen LogP contribution is 2.32. The number of ether oxygens (including phenoxy) is 1. The fourth-order valence-electron chi connectivity index (χ4n) is 3.19. The van der Waals surface area contributed by atoms with Crippen LogP contribution in [0.2, 0.25) is 0 Å². The summed E-state index contributed by atoms with van der Waals surface area (Å²) in [7, 11) is 0. The van der Waals surface area contributed by atoms with Gasteiger partial charge in [-0.05, 0) is 49.1 Å². The van der Waals surface area contributed by atoms with Crippen LogP contribution in [0.25, 0.3) is 0 Å². The van der Waals surface area contributed by atoms with Gasteiger partial charge in [0.05, 0.1) is 15.5 Å². The monoisotopic (exact) mass is 453 g/mol. The number of nitro groups is 2. The number of anilines is 1. The molecule has 0 aliphatic heterocycles. The lowest BCUT2D eigenvalue weighted by atomic mass is 9.99. The highest BCUT2D eigenvalue weighted by molar-refractivity contribution is 6.02. The predicted octanol–water partition coefficient (Wildman–Crippen LogP) is 5.75. The summed E-state index contributed by atoms with van der Waals surface area (Å²) in [5.74, 6) is 0.746. The third-order valence-corrected chi connectivity index (χ3v) is 5.33. The molecular formula is C23H23N3O7. The Balaban J connectivity index is 1.68. The minimum absolute atomic E-state index is 0.0633. The van der Waals surface area contributed by atoms with Gasteiger partial charge in [0.25, 0.3) is 17.3 Å². The molecule has 1 amide bonds. The van der Waals surface area contributed by atoms with Crippen molar-refractivity contribution >= 4 is 23.0 Å². The van der Waals surface area contributed by atoms with Crippen LogP contribution in [0.4, 0.5) is 17.1 Å². The van der Waals surface area contributed by atoms with E-state index in [9.17, 15) is 25.0 Å². The van der Waals surface area contributed by atoms with E-state index in [4.69, 9.17) is 9.15 Å². The maximum Gasteiger partial charge on any atom is 0.291 e. The molecular weight excluding hydrogens is 430 g/mol. The van der Waals surface area contributed by atoms with Crippen molar-refractivity contribution in [3.63, 3.8) is 0 Å². The third-order valence-electron chi connectivity index (χ3n) is 5.33. The van der Waals surface area contributed by atoms with E-state index in [2.05, 4.69) is 19.2 Å². The average Bonchev–Trinajstić information content (AvgIpc) is 3.27. The molecule has 1 atom stereocenters. The first-order chi connectivity index (χ1) is 15.7. The van der Waals surface area contributed by atoms with Gasteiger partial charge in [-0.15, -0.1) is 0 Å². The van der Waals surface area contributed by atoms with E-state index >= 15 is 0 Å². The summed E-state index contributed by atoms with van der Waals surface area (Å²) in [5.41, 5.74) is 0.107. The molecule has 0 saturated carbocycles. The van der Waals surface area contributed by atoms with E-state index in [1.54, 1.807) is 6.07 Å². The fourth-order valence-corrected chi connectivity index (χ4v) is 3.19. The van der Waals surface area contributed by atoms with Crippen molar-refractivity contribution in [1.82, 2.24) is 0 Å². The summed E-state index contributed by atoms with van der Waals surface area (Å²) in [6.07, 6.45) is 1.04. The number of hydrogen-bond acceptors (Lipinski definition) is 7.